The van der Waals surface area contributed by atoms with Crippen LogP contribution in [0.1, 0.15) is 18.4 Å². The summed E-state index contributed by atoms with van der Waals surface area (Å²) in [4.78, 5) is 23.2. The Bertz CT molecular complexity index is 672. The number of nitrogens with one attached hydrogen (secondary N) is 1. The fourth-order valence-corrected chi connectivity index (χ4v) is 4.32. The Kier molecular flexibility index (Phi) is 6.01. The number of hydrogen-bond acceptors (Lipinski definition) is 5. The molecule has 0 radical (unpaired) electrons. The van der Waals surface area contributed by atoms with Crippen molar-refractivity contribution in [3.63, 3.8) is 0 Å². The third kappa shape index (κ3) is 6.19. The van der Waals surface area contributed by atoms with Gasteiger partial charge in [0, 0.05) is 18.0 Å². The van der Waals surface area contributed by atoms with Gasteiger partial charge in [0.25, 0.3) is 5.91 Å². The zero-order chi connectivity index (χ0) is 16.9. The van der Waals surface area contributed by atoms with Crippen molar-refractivity contribution in [3.8, 4) is 0 Å². The Morgan fingerprint density at radius 2 is 1.96 bits per heavy atom. The van der Waals surface area contributed by atoms with Crippen molar-refractivity contribution in [1.29, 1.82) is 0 Å². The first kappa shape index (κ1) is 17.7. The maximum absolute atomic E-state index is 11.6. The number of hydrogen-bond donors (Lipinski definition) is 1. The molecule has 1 aromatic carbocycles. The standard InChI is InChI=1S/C15H18ClNO5S/c16-13-3-1-11(2-4-13)8-17-14(18)9-22-15(19)7-12-5-6-23(20,21)10-12/h1-4,12H,5-10H2,(H,17,18)/t12-/m0/s1. The van der Waals surface area contributed by atoms with Crippen LogP contribution < -0.4 is 5.32 Å². The van der Waals surface area contributed by atoms with Crippen LogP contribution >= 0.6 is 11.6 Å². The fraction of sp³-hybridized carbons (Fsp3) is 0.467. The summed E-state index contributed by atoms with van der Waals surface area (Å²) in [5, 5.41) is 3.24. The number of ether oxygens (including phenoxy) is 1. The van der Waals surface area contributed by atoms with Gasteiger partial charge in [0.1, 0.15) is 0 Å². The third-order valence-corrected chi connectivity index (χ3v) is 5.64. The summed E-state index contributed by atoms with van der Waals surface area (Å²) in [6, 6.07) is 7.02. The molecule has 0 bridgehead atoms. The highest BCUT2D eigenvalue weighted by atomic mass is 35.5. The average Bonchev–Trinajstić information content (AvgIpc) is 2.83. The monoisotopic (exact) mass is 359 g/mol. The molecule has 1 heterocycles. The lowest BCUT2D eigenvalue weighted by atomic mass is 10.1. The quantitative estimate of drug-likeness (QED) is 0.774. The molecule has 0 saturated carbocycles. The number of sulfone groups is 1. The van der Waals surface area contributed by atoms with Crippen molar-refractivity contribution < 1.29 is 22.7 Å². The Balaban J connectivity index is 1.66. The summed E-state index contributed by atoms with van der Waals surface area (Å²) in [6.45, 7) is -0.0552. The molecular weight excluding hydrogens is 342 g/mol. The summed E-state index contributed by atoms with van der Waals surface area (Å²) < 4.78 is 27.5. The van der Waals surface area contributed by atoms with Crippen molar-refractivity contribution in [3.05, 3.63) is 34.9 Å². The first-order valence-corrected chi connectivity index (χ1v) is 9.41. The van der Waals surface area contributed by atoms with E-state index in [1.807, 2.05) is 0 Å². The summed E-state index contributed by atoms with van der Waals surface area (Å²) in [6.07, 6.45) is 0.504. The molecule has 1 N–H and O–H groups in total. The molecular formula is C15H18ClNO5S. The number of rotatable bonds is 6. The highest BCUT2D eigenvalue weighted by Crippen LogP contribution is 2.21. The van der Waals surface area contributed by atoms with Crippen LogP contribution in [0.15, 0.2) is 24.3 Å². The van der Waals surface area contributed by atoms with Gasteiger partial charge in [-0.25, -0.2) is 8.42 Å². The second-order valence-electron chi connectivity index (χ2n) is 5.54. The topological polar surface area (TPSA) is 89.5 Å². The van der Waals surface area contributed by atoms with Crippen LogP contribution in [0.25, 0.3) is 0 Å². The van der Waals surface area contributed by atoms with E-state index in [4.69, 9.17) is 16.3 Å². The van der Waals surface area contributed by atoms with Gasteiger partial charge in [-0.2, -0.15) is 0 Å². The van der Waals surface area contributed by atoms with Gasteiger partial charge in [-0.15, -0.1) is 0 Å². The molecule has 8 heteroatoms. The number of carbonyl (C=O) groups is 2. The molecule has 1 aliphatic rings. The maximum atomic E-state index is 11.6. The van der Waals surface area contributed by atoms with Gasteiger partial charge < -0.3 is 10.1 Å². The number of amides is 1. The minimum Gasteiger partial charge on any atom is -0.456 e. The lowest BCUT2D eigenvalue weighted by molar-refractivity contribution is -0.149. The predicted molar refractivity (Wildman–Crippen MR) is 85.6 cm³/mol. The molecule has 0 unspecified atom stereocenters. The summed E-state index contributed by atoms with van der Waals surface area (Å²) in [5.41, 5.74) is 0.880. The van der Waals surface area contributed by atoms with Crippen LogP contribution in [0.4, 0.5) is 0 Å². The van der Waals surface area contributed by atoms with E-state index in [-0.39, 0.29) is 30.5 Å². The van der Waals surface area contributed by atoms with Gasteiger partial charge >= 0.3 is 5.97 Å². The molecule has 1 aromatic rings. The van der Waals surface area contributed by atoms with Crippen LogP contribution in [0, 0.1) is 5.92 Å². The first-order valence-electron chi connectivity index (χ1n) is 7.21. The summed E-state index contributed by atoms with van der Waals surface area (Å²) in [5.74, 6) is -1.03. The molecule has 1 atom stereocenters. The fourth-order valence-electron chi connectivity index (χ4n) is 2.33. The van der Waals surface area contributed by atoms with Crippen LogP contribution in [0.2, 0.25) is 5.02 Å². The normalized spacial score (nSPS) is 19.3. The van der Waals surface area contributed by atoms with Crippen molar-refractivity contribution >= 4 is 33.3 Å². The van der Waals surface area contributed by atoms with Crippen LogP contribution in [-0.4, -0.2) is 38.4 Å². The molecule has 0 aromatic heterocycles. The third-order valence-electron chi connectivity index (χ3n) is 3.55. The van der Waals surface area contributed by atoms with Gasteiger partial charge in [0.05, 0.1) is 11.5 Å². The Hall–Kier alpha value is -1.60. The Morgan fingerprint density at radius 3 is 2.57 bits per heavy atom. The zero-order valence-corrected chi connectivity index (χ0v) is 14.0. The van der Waals surface area contributed by atoms with E-state index in [0.29, 0.717) is 18.0 Å². The van der Waals surface area contributed by atoms with Gasteiger partial charge in [-0.1, -0.05) is 23.7 Å². The SMILES string of the molecule is O=C(COC(=O)C[C@@H]1CCS(=O)(=O)C1)NCc1ccc(Cl)cc1. The molecule has 0 aliphatic carbocycles. The highest BCUT2D eigenvalue weighted by molar-refractivity contribution is 7.91. The van der Waals surface area contributed by atoms with Crippen LogP contribution in [-0.2, 0) is 30.7 Å². The lowest BCUT2D eigenvalue weighted by Crippen LogP contribution is -2.28. The van der Waals surface area contributed by atoms with E-state index in [1.54, 1.807) is 24.3 Å². The molecule has 1 aliphatic heterocycles. The largest absolute Gasteiger partial charge is 0.456 e. The van der Waals surface area contributed by atoms with E-state index in [1.165, 1.54) is 0 Å². The summed E-state index contributed by atoms with van der Waals surface area (Å²) >= 11 is 5.76. The summed E-state index contributed by atoms with van der Waals surface area (Å²) in [7, 11) is -3.01. The van der Waals surface area contributed by atoms with E-state index >= 15 is 0 Å². The van der Waals surface area contributed by atoms with E-state index in [9.17, 15) is 18.0 Å². The highest BCUT2D eigenvalue weighted by Gasteiger charge is 2.29. The zero-order valence-electron chi connectivity index (χ0n) is 12.5. The van der Waals surface area contributed by atoms with E-state index in [2.05, 4.69) is 5.32 Å². The Labute approximate surface area is 140 Å². The van der Waals surface area contributed by atoms with Crippen molar-refractivity contribution in [2.75, 3.05) is 18.1 Å². The molecule has 0 spiro atoms. The van der Waals surface area contributed by atoms with Crippen molar-refractivity contribution in [2.24, 2.45) is 5.92 Å². The Morgan fingerprint density at radius 1 is 1.26 bits per heavy atom. The molecule has 1 fully saturated rings. The maximum Gasteiger partial charge on any atom is 0.306 e. The van der Waals surface area contributed by atoms with Crippen LogP contribution in [0.5, 0.6) is 0 Å². The average molecular weight is 360 g/mol. The lowest BCUT2D eigenvalue weighted by Gasteiger charge is -2.09. The van der Waals surface area contributed by atoms with Crippen molar-refractivity contribution in [2.45, 2.75) is 19.4 Å². The number of esters is 1. The van der Waals surface area contributed by atoms with Crippen LogP contribution in [0.3, 0.4) is 0 Å². The molecule has 23 heavy (non-hydrogen) atoms. The van der Waals surface area contributed by atoms with Gasteiger partial charge in [0.2, 0.25) is 0 Å². The smallest absolute Gasteiger partial charge is 0.306 e. The van der Waals surface area contributed by atoms with Crippen molar-refractivity contribution in [1.82, 2.24) is 5.32 Å². The minimum atomic E-state index is -3.01. The number of carbonyl (C=O) groups excluding carboxylic acids is 2. The number of halogens is 1. The van der Waals surface area contributed by atoms with Gasteiger partial charge in [0.15, 0.2) is 16.4 Å². The van der Waals surface area contributed by atoms with Gasteiger partial charge in [-0.3, -0.25) is 9.59 Å². The second kappa shape index (κ2) is 7.79. The molecule has 126 valence electrons. The van der Waals surface area contributed by atoms with Gasteiger partial charge in [-0.05, 0) is 30.0 Å². The molecule has 1 amide bonds. The molecule has 1 saturated heterocycles. The number of benzene rings is 1. The minimum absolute atomic E-state index is 0.0187. The molecule has 2 rings (SSSR count). The van der Waals surface area contributed by atoms with E-state index in [0.717, 1.165) is 5.56 Å². The second-order valence-corrected chi connectivity index (χ2v) is 8.20. The predicted octanol–water partition coefficient (Wildman–Crippen LogP) is 1.32. The first-order chi connectivity index (χ1) is 10.8. The van der Waals surface area contributed by atoms with E-state index < -0.39 is 21.7 Å². The molecule has 6 nitrogen and oxygen atoms in total.